The van der Waals surface area contributed by atoms with Crippen molar-refractivity contribution in [2.75, 3.05) is 6.54 Å². The summed E-state index contributed by atoms with van der Waals surface area (Å²) >= 11 is 0. The van der Waals surface area contributed by atoms with Crippen LogP contribution in [0, 0.1) is 17.2 Å². The monoisotopic (exact) mass is 232 g/mol. The molecule has 0 saturated heterocycles. The van der Waals surface area contributed by atoms with Crippen LogP contribution in [-0.2, 0) is 4.79 Å². The molecule has 0 saturated carbocycles. The average Bonchev–Trinajstić information content (AvgIpc) is 2.35. The fourth-order valence-electron chi connectivity index (χ4n) is 1.17. The number of nitrogens with one attached hydrogen (secondary N) is 1. The molecule has 1 atom stereocenters. The van der Waals surface area contributed by atoms with E-state index in [1.165, 1.54) is 13.0 Å². The van der Waals surface area contributed by atoms with Crippen LogP contribution in [0.15, 0.2) is 24.3 Å². The fraction of sp³-hybridized carbons (Fsp3) is 0.250. The zero-order valence-electron chi connectivity index (χ0n) is 9.30. The Balaban J connectivity index is 2.64. The van der Waals surface area contributed by atoms with Gasteiger partial charge in [0.05, 0.1) is 17.6 Å². The number of carboxylic acid groups (broad SMARTS) is 1. The summed E-state index contributed by atoms with van der Waals surface area (Å²) in [6, 6.07) is 8.16. The first kappa shape index (κ1) is 12.7. The third kappa shape index (κ3) is 3.61. The Bertz CT molecular complexity index is 477. The molecule has 1 aromatic rings. The Kier molecular flexibility index (Phi) is 4.23. The molecule has 1 unspecified atom stereocenters. The van der Waals surface area contributed by atoms with Gasteiger partial charge in [-0.3, -0.25) is 9.59 Å². The van der Waals surface area contributed by atoms with Crippen LogP contribution in [0.2, 0.25) is 0 Å². The second-order valence-electron chi connectivity index (χ2n) is 3.64. The highest BCUT2D eigenvalue weighted by atomic mass is 16.4. The molecule has 88 valence electrons. The van der Waals surface area contributed by atoms with Gasteiger partial charge in [-0.15, -0.1) is 0 Å². The molecular weight excluding hydrogens is 220 g/mol. The van der Waals surface area contributed by atoms with Crippen molar-refractivity contribution in [3.63, 3.8) is 0 Å². The second-order valence-corrected chi connectivity index (χ2v) is 3.64. The van der Waals surface area contributed by atoms with Gasteiger partial charge in [0.15, 0.2) is 0 Å². The van der Waals surface area contributed by atoms with E-state index >= 15 is 0 Å². The van der Waals surface area contributed by atoms with Gasteiger partial charge in [-0.1, -0.05) is 13.0 Å². The molecule has 0 bridgehead atoms. The van der Waals surface area contributed by atoms with Gasteiger partial charge in [0.1, 0.15) is 0 Å². The van der Waals surface area contributed by atoms with Gasteiger partial charge >= 0.3 is 5.97 Å². The van der Waals surface area contributed by atoms with E-state index in [2.05, 4.69) is 5.32 Å². The highest BCUT2D eigenvalue weighted by Crippen LogP contribution is 2.04. The standard InChI is InChI=1S/C12H12N2O3/c1-8(12(16)17)7-14-11(15)10-4-2-3-9(5-10)6-13/h2-5,8H,7H2,1H3,(H,14,15)(H,16,17). The van der Waals surface area contributed by atoms with Crippen LogP contribution in [0.3, 0.4) is 0 Å². The summed E-state index contributed by atoms with van der Waals surface area (Å²) in [7, 11) is 0. The van der Waals surface area contributed by atoms with Crippen LogP contribution in [-0.4, -0.2) is 23.5 Å². The van der Waals surface area contributed by atoms with Gasteiger partial charge in [-0.05, 0) is 18.2 Å². The lowest BCUT2D eigenvalue weighted by atomic mass is 10.1. The van der Waals surface area contributed by atoms with Gasteiger partial charge in [0, 0.05) is 12.1 Å². The number of carboxylic acids is 1. The summed E-state index contributed by atoms with van der Waals surface area (Å²) < 4.78 is 0. The third-order valence-electron chi connectivity index (χ3n) is 2.24. The number of aliphatic carboxylic acids is 1. The molecule has 0 aliphatic carbocycles. The fourth-order valence-corrected chi connectivity index (χ4v) is 1.17. The molecular formula is C12H12N2O3. The van der Waals surface area contributed by atoms with Crippen molar-refractivity contribution in [3.8, 4) is 6.07 Å². The van der Waals surface area contributed by atoms with Crippen molar-refractivity contribution in [1.82, 2.24) is 5.32 Å². The van der Waals surface area contributed by atoms with E-state index in [1.807, 2.05) is 6.07 Å². The second kappa shape index (κ2) is 5.66. The van der Waals surface area contributed by atoms with Gasteiger partial charge in [-0.25, -0.2) is 0 Å². The molecule has 0 aliphatic rings. The normalized spacial score (nSPS) is 11.3. The van der Waals surface area contributed by atoms with Crippen molar-refractivity contribution >= 4 is 11.9 Å². The summed E-state index contributed by atoms with van der Waals surface area (Å²) in [5, 5.41) is 19.8. The van der Waals surface area contributed by atoms with E-state index in [-0.39, 0.29) is 12.5 Å². The minimum atomic E-state index is -0.962. The van der Waals surface area contributed by atoms with Crippen LogP contribution in [0.5, 0.6) is 0 Å². The van der Waals surface area contributed by atoms with Gasteiger partial charge in [0.25, 0.3) is 5.91 Å². The highest BCUT2D eigenvalue weighted by Gasteiger charge is 2.13. The zero-order valence-corrected chi connectivity index (χ0v) is 9.30. The smallest absolute Gasteiger partial charge is 0.308 e. The van der Waals surface area contributed by atoms with E-state index < -0.39 is 11.9 Å². The summed E-state index contributed by atoms with van der Waals surface area (Å²) in [6.07, 6.45) is 0. The Morgan fingerprint density at radius 1 is 1.53 bits per heavy atom. The Morgan fingerprint density at radius 2 is 2.24 bits per heavy atom. The minimum Gasteiger partial charge on any atom is -0.481 e. The number of nitrogens with zero attached hydrogens (tertiary/aromatic N) is 1. The maximum absolute atomic E-state index is 11.6. The SMILES string of the molecule is CC(CNC(=O)c1cccc(C#N)c1)C(=O)O. The van der Waals surface area contributed by atoms with Gasteiger partial charge < -0.3 is 10.4 Å². The highest BCUT2D eigenvalue weighted by molar-refractivity contribution is 5.94. The molecule has 5 heteroatoms. The molecule has 0 fully saturated rings. The predicted molar refractivity (Wildman–Crippen MR) is 60.3 cm³/mol. The van der Waals surface area contributed by atoms with Crippen LogP contribution in [0.25, 0.3) is 0 Å². The first-order valence-electron chi connectivity index (χ1n) is 5.05. The van der Waals surface area contributed by atoms with Crippen molar-refractivity contribution < 1.29 is 14.7 Å². The molecule has 1 rings (SSSR count). The summed E-state index contributed by atoms with van der Waals surface area (Å²) in [5.41, 5.74) is 0.741. The largest absolute Gasteiger partial charge is 0.481 e. The molecule has 0 aliphatic heterocycles. The number of carbonyl (C=O) groups is 2. The Hall–Kier alpha value is -2.35. The van der Waals surface area contributed by atoms with Crippen molar-refractivity contribution in [1.29, 1.82) is 5.26 Å². The lowest BCUT2D eigenvalue weighted by Crippen LogP contribution is -2.31. The van der Waals surface area contributed by atoms with Crippen LogP contribution in [0.4, 0.5) is 0 Å². The number of hydrogen-bond donors (Lipinski definition) is 2. The molecule has 0 aromatic heterocycles. The minimum absolute atomic E-state index is 0.0605. The molecule has 1 aromatic carbocycles. The van der Waals surface area contributed by atoms with Crippen molar-refractivity contribution in [2.45, 2.75) is 6.92 Å². The number of rotatable bonds is 4. The lowest BCUT2D eigenvalue weighted by molar-refractivity contribution is -0.140. The molecule has 17 heavy (non-hydrogen) atoms. The van der Waals surface area contributed by atoms with Gasteiger partial charge in [-0.2, -0.15) is 5.26 Å². The topological polar surface area (TPSA) is 90.2 Å². The van der Waals surface area contributed by atoms with Crippen molar-refractivity contribution in [2.24, 2.45) is 5.92 Å². The summed E-state index contributed by atoms with van der Waals surface area (Å²) in [6.45, 7) is 1.57. The molecule has 0 spiro atoms. The quantitative estimate of drug-likeness (QED) is 0.810. The van der Waals surface area contributed by atoms with E-state index in [1.54, 1.807) is 18.2 Å². The Morgan fingerprint density at radius 3 is 2.82 bits per heavy atom. The Labute approximate surface area is 98.7 Å². The molecule has 0 heterocycles. The van der Waals surface area contributed by atoms with E-state index in [9.17, 15) is 9.59 Å². The maximum atomic E-state index is 11.6. The van der Waals surface area contributed by atoms with Crippen LogP contribution >= 0.6 is 0 Å². The predicted octanol–water partition coefficient (Wildman–Crippen LogP) is 1.01. The molecule has 5 nitrogen and oxygen atoms in total. The summed E-state index contributed by atoms with van der Waals surface area (Å²) in [4.78, 5) is 22.2. The number of carbonyl (C=O) groups excluding carboxylic acids is 1. The molecule has 1 amide bonds. The number of nitriles is 1. The maximum Gasteiger partial charge on any atom is 0.308 e. The number of amides is 1. The van der Waals surface area contributed by atoms with E-state index in [0.29, 0.717) is 11.1 Å². The van der Waals surface area contributed by atoms with Crippen LogP contribution < -0.4 is 5.32 Å². The average molecular weight is 232 g/mol. The number of hydrogen-bond acceptors (Lipinski definition) is 3. The first-order chi connectivity index (χ1) is 8.04. The van der Waals surface area contributed by atoms with E-state index in [4.69, 9.17) is 10.4 Å². The molecule has 2 N–H and O–H groups in total. The van der Waals surface area contributed by atoms with Crippen molar-refractivity contribution in [3.05, 3.63) is 35.4 Å². The third-order valence-corrected chi connectivity index (χ3v) is 2.24. The van der Waals surface area contributed by atoms with Crippen LogP contribution in [0.1, 0.15) is 22.8 Å². The molecule has 0 radical (unpaired) electrons. The zero-order chi connectivity index (χ0) is 12.8. The first-order valence-corrected chi connectivity index (χ1v) is 5.05. The number of benzene rings is 1. The van der Waals surface area contributed by atoms with E-state index in [0.717, 1.165) is 0 Å². The van der Waals surface area contributed by atoms with Gasteiger partial charge in [0.2, 0.25) is 0 Å². The summed E-state index contributed by atoms with van der Waals surface area (Å²) in [5.74, 6) is -1.98. The lowest BCUT2D eigenvalue weighted by Gasteiger charge is -2.08.